The molecule has 1 saturated heterocycles. The molecule has 2 nitrogen and oxygen atoms in total. The lowest BCUT2D eigenvalue weighted by Crippen LogP contribution is -2.48. The molecule has 0 radical (unpaired) electrons. The van der Waals surface area contributed by atoms with E-state index in [0.29, 0.717) is 10.8 Å². The van der Waals surface area contributed by atoms with Crippen LogP contribution in [-0.4, -0.2) is 49.1 Å². The molecule has 0 bridgehead atoms. The number of unbranched alkanes of at least 4 members (excludes halogenated alkanes) is 2. The van der Waals surface area contributed by atoms with Gasteiger partial charge in [-0.25, -0.2) is 0 Å². The minimum Gasteiger partial charge on any atom is -0.301 e. The smallest absolute Gasteiger partial charge is 0.0110 e. The predicted octanol–water partition coefficient (Wildman–Crippen LogP) is 4.26. The van der Waals surface area contributed by atoms with Crippen LogP contribution in [0.25, 0.3) is 0 Å². The molecule has 0 aromatic carbocycles. The van der Waals surface area contributed by atoms with Crippen molar-refractivity contribution in [1.82, 2.24) is 9.80 Å². The summed E-state index contributed by atoms with van der Waals surface area (Å²) in [6.07, 6.45) is 5.55. The molecule has 0 N–H and O–H groups in total. The summed E-state index contributed by atoms with van der Waals surface area (Å²) in [6.45, 7) is 21.7. The van der Waals surface area contributed by atoms with Gasteiger partial charge in [0.15, 0.2) is 0 Å². The largest absolute Gasteiger partial charge is 0.301 e. The van der Waals surface area contributed by atoms with Gasteiger partial charge >= 0.3 is 0 Å². The molecule has 1 fully saturated rings. The summed E-state index contributed by atoms with van der Waals surface area (Å²) >= 11 is 0. The summed E-state index contributed by atoms with van der Waals surface area (Å²) in [7, 11) is 0. The zero-order valence-electron chi connectivity index (χ0n) is 15.0. The molecule has 0 aromatic rings. The van der Waals surface area contributed by atoms with Crippen LogP contribution in [0.15, 0.2) is 0 Å². The van der Waals surface area contributed by atoms with E-state index in [1.165, 1.54) is 65.0 Å². The summed E-state index contributed by atoms with van der Waals surface area (Å²) < 4.78 is 0. The van der Waals surface area contributed by atoms with Crippen molar-refractivity contribution >= 4 is 0 Å². The van der Waals surface area contributed by atoms with E-state index in [4.69, 9.17) is 0 Å². The van der Waals surface area contributed by atoms with E-state index in [9.17, 15) is 0 Å². The monoisotopic (exact) mass is 282 g/mol. The van der Waals surface area contributed by atoms with Crippen molar-refractivity contribution in [3.8, 4) is 0 Å². The van der Waals surface area contributed by atoms with Crippen LogP contribution in [-0.2, 0) is 0 Å². The molecule has 2 heteroatoms. The average Bonchev–Trinajstić information content (AvgIpc) is 2.27. The fraction of sp³-hybridized carbons (Fsp3) is 1.00. The van der Waals surface area contributed by atoms with Crippen molar-refractivity contribution in [2.75, 3.05) is 39.3 Å². The maximum Gasteiger partial charge on any atom is 0.0110 e. The highest BCUT2D eigenvalue weighted by atomic mass is 15.3. The van der Waals surface area contributed by atoms with Gasteiger partial charge in [0.25, 0.3) is 0 Å². The molecule has 1 aliphatic heterocycles. The van der Waals surface area contributed by atoms with Gasteiger partial charge in [-0.1, -0.05) is 54.4 Å². The van der Waals surface area contributed by atoms with E-state index in [1.807, 2.05) is 0 Å². The molecule has 0 aliphatic carbocycles. The molecular formula is C18H38N2. The highest BCUT2D eigenvalue weighted by Gasteiger charge is 2.21. The van der Waals surface area contributed by atoms with E-state index < -0.39 is 0 Å². The average molecular weight is 283 g/mol. The number of piperazine rings is 1. The van der Waals surface area contributed by atoms with Crippen LogP contribution >= 0.6 is 0 Å². The Bertz CT molecular complexity index is 252. The van der Waals surface area contributed by atoms with Crippen LogP contribution in [0.4, 0.5) is 0 Å². The third-order valence-electron chi connectivity index (χ3n) is 4.06. The third kappa shape index (κ3) is 8.97. The van der Waals surface area contributed by atoms with Crippen LogP contribution in [0.2, 0.25) is 0 Å². The number of rotatable bonds is 6. The van der Waals surface area contributed by atoms with E-state index in [-0.39, 0.29) is 0 Å². The normalized spacial score (nSPS) is 19.5. The molecule has 0 unspecified atom stereocenters. The fourth-order valence-corrected chi connectivity index (χ4v) is 3.01. The molecule has 0 aromatic heterocycles. The molecule has 20 heavy (non-hydrogen) atoms. The highest BCUT2D eigenvalue weighted by molar-refractivity contribution is 4.76. The first kappa shape index (κ1) is 18.0. The first-order valence-corrected chi connectivity index (χ1v) is 8.60. The van der Waals surface area contributed by atoms with Gasteiger partial charge in [0.05, 0.1) is 0 Å². The minimum absolute atomic E-state index is 0.440. The van der Waals surface area contributed by atoms with Crippen LogP contribution in [0.5, 0.6) is 0 Å². The number of nitrogens with zero attached hydrogens (tertiary/aromatic N) is 2. The second kappa shape index (κ2) is 7.79. The number of hydrogen-bond acceptors (Lipinski definition) is 2. The lowest BCUT2D eigenvalue weighted by molar-refractivity contribution is 0.101. The minimum atomic E-state index is 0.440. The standard InChI is InChI=1S/C18H38N2/c1-17(2,3)10-8-7-9-11-19-12-14-20(15-13-19)16-18(4,5)6/h7-16H2,1-6H3. The van der Waals surface area contributed by atoms with Crippen molar-refractivity contribution < 1.29 is 0 Å². The van der Waals surface area contributed by atoms with Crippen molar-refractivity contribution in [2.45, 2.75) is 67.2 Å². The van der Waals surface area contributed by atoms with E-state index >= 15 is 0 Å². The number of hydrogen-bond donors (Lipinski definition) is 0. The van der Waals surface area contributed by atoms with Gasteiger partial charge in [-0.15, -0.1) is 0 Å². The Kier molecular flexibility index (Phi) is 7.00. The fourth-order valence-electron chi connectivity index (χ4n) is 3.01. The molecule has 1 aliphatic rings. The van der Waals surface area contributed by atoms with Crippen LogP contribution in [0.1, 0.15) is 67.2 Å². The van der Waals surface area contributed by atoms with Crippen molar-refractivity contribution in [3.05, 3.63) is 0 Å². The van der Waals surface area contributed by atoms with Gasteiger partial charge in [-0.2, -0.15) is 0 Å². The topological polar surface area (TPSA) is 6.48 Å². The van der Waals surface area contributed by atoms with Gasteiger partial charge in [0.2, 0.25) is 0 Å². The van der Waals surface area contributed by atoms with Crippen LogP contribution in [0, 0.1) is 10.8 Å². The van der Waals surface area contributed by atoms with Gasteiger partial charge < -0.3 is 9.80 Å². The molecule has 0 saturated carbocycles. The first-order chi connectivity index (χ1) is 9.16. The molecule has 0 amide bonds. The molecular weight excluding hydrogens is 244 g/mol. The summed E-state index contributed by atoms with van der Waals surface area (Å²) in [5, 5.41) is 0. The zero-order valence-corrected chi connectivity index (χ0v) is 15.0. The second-order valence-electron chi connectivity index (χ2n) is 9.05. The Morgan fingerprint density at radius 2 is 1.20 bits per heavy atom. The molecule has 1 rings (SSSR count). The Labute approximate surface area is 127 Å². The van der Waals surface area contributed by atoms with Gasteiger partial charge in [-0.3, -0.25) is 0 Å². The lowest BCUT2D eigenvalue weighted by atomic mass is 9.89. The molecule has 1 heterocycles. The third-order valence-corrected chi connectivity index (χ3v) is 4.06. The van der Waals surface area contributed by atoms with Crippen LogP contribution in [0.3, 0.4) is 0 Å². The maximum absolute atomic E-state index is 2.66. The Morgan fingerprint density at radius 1 is 0.650 bits per heavy atom. The molecule has 120 valence electrons. The van der Waals surface area contributed by atoms with Gasteiger partial charge in [0, 0.05) is 32.7 Å². The zero-order chi connectivity index (χ0) is 15.2. The van der Waals surface area contributed by atoms with Crippen molar-refractivity contribution in [1.29, 1.82) is 0 Å². The van der Waals surface area contributed by atoms with Crippen LogP contribution < -0.4 is 0 Å². The Morgan fingerprint density at radius 3 is 1.70 bits per heavy atom. The van der Waals surface area contributed by atoms with Gasteiger partial charge in [-0.05, 0) is 30.2 Å². The molecule has 0 spiro atoms. The SMILES string of the molecule is CC(C)(C)CCCCCN1CCN(CC(C)(C)C)CC1. The van der Waals surface area contributed by atoms with Gasteiger partial charge in [0.1, 0.15) is 0 Å². The van der Waals surface area contributed by atoms with Crippen molar-refractivity contribution in [3.63, 3.8) is 0 Å². The highest BCUT2D eigenvalue weighted by Crippen LogP contribution is 2.22. The summed E-state index contributed by atoms with van der Waals surface area (Å²) in [5.41, 5.74) is 0.952. The summed E-state index contributed by atoms with van der Waals surface area (Å²) in [5.74, 6) is 0. The maximum atomic E-state index is 2.66. The quantitative estimate of drug-likeness (QED) is 0.672. The van der Waals surface area contributed by atoms with E-state index in [1.54, 1.807) is 0 Å². The van der Waals surface area contributed by atoms with E-state index in [2.05, 4.69) is 51.3 Å². The molecule has 0 atom stereocenters. The second-order valence-corrected chi connectivity index (χ2v) is 9.05. The summed E-state index contributed by atoms with van der Waals surface area (Å²) in [6, 6.07) is 0. The Hall–Kier alpha value is -0.0800. The lowest BCUT2D eigenvalue weighted by Gasteiger charge is -2.37. The van der Waals surface area contributed by atoms with Crippen molar-refractivity contribution in [2.24, 2.45) is 10.8 Å². The van der Waals surface area contributed by atoms with E-state index in [0.717, 1.165) is 0 Å². The Balaban J connectivity index is 2.05. The summed E-state index contributed by atoms with van der Waals surface area (Å²) in [4.78, 5) is 5.30. The first-order valence-electron chi connectivity index (χ1n) is 8.60. The predicted molar refractivity (Wildman–Crippen MR) is 90.3 cm³/mol.